The van der Waals surface area contributed by atoms with E-state index in [0.29, 0.717) is 18.7 Å². The van der Waals surface area contributed by atoms with Crippen molar-refractivity contribution in [2.24, 2.45) is 5.92 Å². The molecule has 41 heavy (non-hydrogen) atoms. The Morgan fingerprint density at radius 1 is 0.854 bits per heavy atom. The number of amides is 2. The Hall–Kier alpha value is -3.65. The molecule has 0 aliphatic heterocycles. The number of anilines is 1. The van der Waals surface area contributed by atoms with E-state index in [0.717, 1.165) is 27.8 Å². The van der Waals surface area contributed by atoms with Gasteiger partial charge in [-0.25, -0.2) is 8.42 Å². The molecular weight excluding hydrogens is 534 g/mol. The Bertz CT molecular complexity index is 1470. The van der Waals surface area contributed by atoms with Crippen LogP contribution in [0.15, 0.2) is 71.6 Å². The highest BCUT2D eigenvalue weighted by Gasteiger charge is 2.34. The standard InChI is InChI=1S/C33H43N3O4S/c1-8-30(33(38)34-20-23(2)3)35(21-28-12-10-9-11-26(28)6)32(37)22-36(31-18-15-25(5)19-27(31)7)41(39,40)29-16-13-24(4)14-17-29/h9-19,23,30H,8,20-22H2,1-7H3,(H,34,38). The molecule has 0 spiro atoms. The Labute approximate surface area is 245 Å². The highest BCUT2D eigenvalue weighted by atomic mass is 32.2. The molecule has 0 saturated carbocycles. The van der Waals surface area contributed by atoms with Crippen LogP contribution in [0.1, 0.15) is 55.0 Å². The first kappa shape index (κ1) is 31.9. The molecule has 0 aromatic heterocycles. The van der Waals surface area contributed by atoms with Gasteiger partial charge in [0.1, 0.15) is 12.6 Å². The second-order valence-corrected chi connectivity index (χ2v) is 13.0. The van der Waals surface area contributed by atoms with Gasteiger partial charge < -0.3 is 10.2 Å². The lowest BCUT2D eigenvalue weighted by atomic mass is 10.1. The molecule has 0 aliphatic carbocycles. The van der Waals surface area contributed by atoms with Crippen LogP contribution in [0.25, 0.3) is 0 Å². The van der Waals surface area contributed by atoms with Crippen molar-refractivity contribution in [3.8, 4) is 0 Å². The van der Waals surface area contributed by atoms with Gasteiger partial charge in [0.05, 0.1) is 10.6 Å². The molecule has 3 rings (SSSR count). The van der Waals surface area contributed by atoms with Gasteiger partial charge in [-0.2, -0.15) is 0 Å². The minimum absolute atomic E-state index is 0.100. The summed E-state index contributed by atoms with van der Waals surface area (Å²) in [7, 11) is -4.10. The van der Waals surface area contributed by atoms with Crippen molar-refractivity contribution in [3.63, 3.8) is 0 Å². The fourth-order valence-corrected chi connectivity index (χ4v) is 6.23. The molecule has 0 radical (unpaired) electrons. The normalized spacial score (nSPS) is 12.2. The summed E-state index contributed by atoms with van der Waals surface area (Å²) in [6.07, 6.45) is 0.385. The molecule has 0 saturated heterocycles. The second kappa shape index (κ2) is 13.8. The molecule has 1 atom stereocenters. The summed E-state index contributed by atoms with van der Waals surface area (Å²) in [4.78, 5) is 29.2. The average molecular weight is 578 g/mol. The predicted octanol–water partition coefficient (Wildman–Crippen LogP) is 5.70. The highest BCUT2D eigenvalue weighted by molar-refractivity contribution is 7.92. The van der Waals surface area contributed by atoms with Gasteiger partial charge in [-0.05, 0) is 74.9 Å². The predicted molar refractivity (Wildman–Crippen MR) is 165 cm³/mol. The number of aryl methyl sites for hydroxylation is 4. The monoisotopic (exact) mass is 577 g/mol. The van der Waals surface area contributed by atoms with Crippen LogP contribution < -0.4 is 9.62 Å². The quantitative estimate of drug-likeness (QED) is 0.299. The van der Waals surface area contributed by atoms with E-state index in [2.05, 4.69) is 5.32 Å². The van der Waals surface area contributed by atoms with Crippen LogP contribution in [0, 0.1) is 33.6 Å². The molecule has 1 unspecified atom stereocenters. The Morgan fingerprint density at radius 2 is 1.49 bits per heavy atom. The second-order valence-electron chi connectivity index (χ2n) is 11.1. The zero-order valence-corrected chi connectivity index (χ0v) is 26.1. The Kier molecular flexibility index (Phi) is 10.7. The lowest BCUT2D eigenvalue weighted by molar-refractivity contribution is -0.140. The molecule has 0 aliphatic rings. The molecule has 0 fully saturated rings. The van der Waals surface area contributed by atoms with Crippen molar-refractivity contribution in [2.45, 2.75) is 72.4 Å². The zero-order valence-electron chi connectivity index (χ0n) is 25.3. The first-order valence-corrected chi connectivity index (χ1v) is 15.6. The Morgan fingerprint density at radius 3 is 2.07 bits per heavy atom. The van der Waals surface area contributed by atoms with E-state index in [4.69, 9.17) is 0 Å². The van der Waals surface area contributed by atoms with E-state index in [-0.39, 0.29) is 23.3 Å². The molecule has 220 valence electrons. The summed E-state index contributed by atoms with van der Waals surface area (Å²) in [5.74, 6) is -0.449. The van der Waals surface area contributed by atoms with Gasteiger partial charge in [0, 0.05) is 13.1 Å². The Balaban J connectivity index is 2.09. The SMILES string of the molecule is CCC(C(=O)NCC(C)C)N(Cc1ccccc1C)C(=O)CN(c1ccc(C)cc1C)S(=O)(=O)c1ccc(C)cc1. The fraction of sp³-hybridized carbons (Fsp3) is 0.394. The molecule has 8 heteroatoms. The number of rotatable bonds is 12. The minimum Gasteiger partial charge on any atom is -0.354 e. The molecule has 7 nitrogen and oxygen atoms in total. The van der Waals surface area contributed by atoms with Crippen LogP contribution >= 0.6 is 0 Å². The molecule has 3 aromatic carbocycles. The zero-order chi connectivity index (χ0) is 30.3. The number of nitrogens with one attached hydrogen (secondary N) is 1. The molecule has 0 heterocycles. The number of sulfonamides is 1. The van der Waals surface area contributed by atoms with Gasteiger partial charge in [0.25, 0.3) is 10.0 Å². The van der Waals surface area contributed by atoms with Crippen molar-refractivity contribution in [3.05, 3.63) is 94.5 Å². The third-order valence-corrected chi connectivity index (χ3v) is 8.96. The van der Waals surface area contributed by atoms with E-state index in [1.807, 2.05) is 84.9 Å². The summed E-state index contributed by atoms with van der Waals surface area (Å²) in [5, 5.41) is 2.97. The van der Waals surface area contributed by atoms with E-state index < -0.39 is 28.5 Å². The van der Waals surface area contributed by atoms with Crippen molar-refractivity contribution < 1.29 is 18.0 Å². The smallest absolute Gasteiger partial charge is 0.264 e. The third kappa shape index (κ3) is 7.97. The highest BCUT2D eigenvalue weighted by Crippen LogP contribution is 2.28. The van der Waals surface area contributed by atoms with Crippen molar-refractivity contribution >= 4 is 27.5 Å². The van der Waals surface area contributed by atoms with E-state index >= 15 is 0 Å². The number of hydrogen-bond acceptors (Lipinski definition) is 4. The third-order valence-electron chi connectivity index (χ3n) is 7.18. The van der Waals surface area contributed by atoms with Crippen LogP contribution in [0.2, 0.25) is 0 Å². The molecule has 2 amide bonds. The van der Waals surface area contributed by atoms with Crippen molar-refractivity contribution in [1.82, 2.24) is 10.2 Å². The topological polar surface area (TPSA) is 86.8 Å². The number of carbonyl (C=O) groups is 2. The van der Waals surface area contributed by atoms with Crippen molar-refractivity contribution in [2.75, 3.05) is 17.4 Å². The largest absolute Gasteiger partial charge is 0.354 e. The lowest BCUT2D eigenvalue weighted by Crippen LogP contribution is -2.52. The van der Waals surface area contributed by atoms with Crippen LogP contribution in [0.5, 0.6) is 0 Å². The number of benzene rings is 3. The summed E-state index contributed by atoms with van der Waals surface area (Å²) >= 11 is 0. The number of nitrogens with zero attached hydrogens (tertiary/aromatic N) is 2. The summed E-state index contributed by atoms with van der Waals surface area (Å²) in [6, 6.07) is 19.0. The van der Waals surface area contributed by atoms with Gasteiger partial charge >= 0.3 is 0 Å². The van der Waals surface area contributed by atoms with Crippen LogP contribution in [0.3, 0.4) is 0 Å². The maximum absolute atomic E-state index is 14.2. The number of carbonyl (C=O) groups excluding carboxylic acids is 2. The van der Waals surface area contributed by atoms with E-state index in [1.165, 1.54) is 9.21 Å². The summed E-state index contributed by atoms with van der Waals surface area (Å²) in [6.45, 7) is 13.7. The van der Waals surface area contributed by atoms with Gasteiger partial charge in [-0.15, -0.1) is 0 Å². The fourth-order valence-electron chi connectivity index (χ4n) is 4.75. The molecular formula is C33H43N3O4S. The first-order valence-electron chi connectivity index (χ1n) is 14.1. The average Bonchev–Trinajstić information content (AvgIpc) is 2.92. The van der Waals surface area contributed by atoms with E-state index in [9.17, 15) is 18.0 Å². The minimum atomic E-state index is -4.10. The lowest BCUT2D eigenvalue weighted by Gasteiger charge is -2.34. The first-order chi connectivity index (χ1) is 19.3. The summed E-state index contributed by atoms with van der Waals surface area (Å²) < 4.78 is 29.3. The van der Waals surface area contributed by atoms with Crippen LogP contribution in [-0.4, -0.2) is 44.3 Å². The van der Waals surface area contributed by atoms with E-state index in [1.54, 1.807) is 30.3 Å². The maximum Gasteiger partial charge on any atom is 0.264 e. The van der Waals surface area contributed by atoms with Crippen LogP contribution in [0.4, 0.5) is 5.69 Å². The van der Waals surface area contributed by atoms with Crippen molar-refractivity contribution in [1.29, 1.82) is 0 Å². The van der Waals surface area contributed by atoms with Gasteiger partial charge in [0.2, 0.25) is 11.8 Å². The maximum atomic E-state index is 14.2. The number of hydrogen-bond donors (Lipinski definition) is 1. The van der Waals surface area contributed by atoms with Crippen LogP contribution in [-0.2, 0) is 26.2 Å². The van der Waals surface area contributed by atoms with Gasteiger partial charge in [-0.1, -0.05) is 80.4 Å². The molecule has 1 N–H and O–H groups in total. The van der Waals surface area contributed by atoms with Gasteiger partial charge in [-0.3, -0.25) is 13.9 Å². The summed E-state index contributed by atoms with van der Waals surface area (Å²) in [5.41, 5.74) is 4.97. The van der Waals surface area contributed by atoms with Gasteiger partial charge in [0.15, 0.2) is 0 Å². The molecule has 0 bridgehead atoms. The molecule has 3 aromatic rings.